The summed E-state index contributed by atoms with van der Waals surface area (Å²) in [5.41, 5.74) is 1.04. The van der Waals surface area contributed by atoms with Crippen LogP contribution in [0.25, 0.3) is 10.9 Å². The van der Waals surface area contributed by atoms with Crippen LogP contribution in [0.3, 0.4) is 0 Å². The molecule has 0 spiro atoms. The number of ether oxygens (including phenoxy) is 1. The average molecular weight is 360 g/mol. The molecule has 4 nitrogen and oxygen atoms in total. The zero-order chi connectivity index (χ0) is 19.0. The number of fused-ring (bicyclic) bond motifs is 1. The number of nitrogens with zero attached hydrogens (tertiary/aromatic N) is 1. The third kappa shape index (κ3) is 5.19. The predicted molar refractivity (Wildman–Crippen MR) is 103 cm³/mol. The van der Waals surface area contributed by atoms with Gasteiger partial charge in [-0.15, -0.1) is 0 Å². The molecule has 0 N–H and O–H groups in total. The normalized spacial score (nSPS) is 13.3. The molecule has 0 aliphatic heterocycles. The Morgan fingerprint density at radius 1 is 1.00 bits per heavy atom. The van der Waals surface area contributed by atoms with Crippen LogP contribution in [-0.2, 0) is 14.8 Å². The van der Waals surface area contributed by atoms with Gasteiger partial charge in [0.25, 0.3) is 0 Å². The van der Waals surface area contributed by atoms with Crippen molar-refractivity contribution in [3.05, 3.63) is 36.0 Å². The van der Waals surface area contributed by atoms with E-state index in [0.717, 1.165) is 16.5 Å². The highest BCUT2D eigenvalue weighted by molar-refractivity contribution is 6.31. The topological polar surface area (TPSA) is 40.5 Å². The van der Waals surface area contributed by atoms with Crippen molar-refractivity contribution in [2.24, 2.45) is 0 Å². The Kier molecular flexibility index (Phi) is 5.22. The standard InChI is InChI=1S/C20H29NO3Si/c1-18(2,3)23-17(22)21-12-11-14-13-15(9-10-16(14)21)20(7,8)24-25-19(4,5)6/h9-13H,1-8H3. The zero-order valence-corrected chi connectivity index (χ0v) is 17.6. The summed E-state index contributed by atoms with van der Waals surface area (Å²) in [5, 5.41) is 1.14. The second-order valence-corrected chi connectivity index (χ2v) is 10.8. The van der Waals surface area contributed by atoms with Gasteiger partial charge in [-0.05, 0) is 63.4 Å². The lowest BCUT2D eigenvalue weighted by Crippen LogP contribution is -2.27. The van der Waals surface area contributed by atoms with Crippen LogP contribution in [0.15, 0.2) is 30.5 Å². The Balaban J connectivity index is 2.28. The Bertz CT molecular complexity index is 763. The van der Waals surface area contributed by atoms with Gasteiger partial charge in [0.15, 0.2) is 0 Å². The van der Waals surface area contributed by atoms with Gasteiger partial charge < -0.3 is 9.16 Å². The van der Waals surface area contributed by atoms with Crippen molar-refractivity contribution < 1.29 is 14.0 Å². The smallest absolute Gasteiger partial charge is 0.418 e. The third-order valence-electron chi connectivity index (χ3n) is 3.59. The predicted octanol–water partition coefficient (Wildman–Crippen LogP) is 5.51. The molecule has 2 rings (SSSR count). The Morgan fingerprint density at radius 2 is 1.64 bits per heavy atom. The van der Waals surface area contributed by atoms with Crippen molar-refractivity contribution in [1.29, 1.82) is 0 Å². The van der Waals surface area contributed by atoms with Crippen molar-refractivity contribution in [2.75, 3.05) is 0 Å². The Hall–Kier alpha value is -1.59. The van der Waals surface area contributed by atoms with Gasteiger partial charge in [-0.3, -0.25) is 4.57 Å². The fourth-order valence-corrected chi connectivity index (χ4v) is 3.01. The summed E-state index contributed by atoms with van der Waals surface area (Å²) in [6.07, 6.45) is 1.40. The van der Waals surface area contributed by atoms with Crippen LogP contribution in [0.4, 0.5) is 4.79 Å². The van der Waals surface area contributed by atoms with E-state index in [1.807, 2.05) is 39.0 Å². The molecular weight excluding hydrogens is 330 g/mol. The maximum Gasteiger partial charge on any atom is 0.418 e. The van der Waals surface area contributed by atoms with E-state index in [1.54, 1.807) is 10.8 Å². The number of aromatic nitrogens is 1. The third-order valence-corrected chi connectivity index (χ3v) is 4.81. The molecule has 0 saturated carbocycles. The molecule has 0 fully saturated rings. The van der Waals surface area contributed by atoms with Crippen LogP contribution in [0.1, 0.15) is 61.0 Å². The molecule has 0 bridgehead atoms. The summed E-state index contributed by atoms with van der Waals surface area (Å²) < 4.78 is 13.2. The molecule has 1 aromatic heterocycles. The lowest BCUT2D eigenvalue weighted by atomic mass is 9.97. The van der Waals surface area contributed by atoms with E-state index in [4.69, 9.17) is 9.16 Å². The molecule has 136 valence electrons. The lowest BCUT2D eigenvalue weighted by Gasteiger charge is -2.29. The van der Waals surface area contributed by atoms with Gasteiger partial charge in [0.1, 0.15) is 5.60 Å². The minimum absolute atomic E-state index is 0.140. The van der Waals surface area contributed by atoms with Gasteiger partial charge >= 0.3 is 6.09 Å². The van der Waals surface area contributed by atoms with Crippen LogP contribution < -0.4 is 0 Å². The molecule has 0 unspecified atom stereocenters. The largest absolute Gasteiger partial charge is 0.443 e. The van der Waals surface area contributed by atoms with E-state index in [0.29, 0.717) is 9.76 Å². The van der Waals surface area contributed by atoms with E-state index >= 15 is 0 Å². The van der Waals surface area contributed by atoms with E-state index in [1.165, 1.54) is 0 Å². The highest BCUT2D eigenvalue weighted by atomic mass is 28.2. The molecule has 0 aliphatic rings. The summed E-state index contributed by atoms with van der Waals surface area (Å²) >= 11 is 0. The van der Waals surface area contributed by atoms with Crippen LogP contribution in [0.5, 0.6) is 0 Å². The fraction of sp³-hybridized carbons (Fsp3) is 0.550. The lowest BCUT2D eigenvalue weighted by molar-refractivity contribution is 0.0544. The minimum atomic E-state index is -0.517. The minimum Gasteiger partial charge on any atom is -0.443 e. The van der Waals surface area contributed by atoms with Crippen molar-refractivity contribution >= 4 is 26.8 Å². The number of hydrogen-bond donors (Lipinski definition) is 0. The van der Waals surface area contributed by atoms with Crippen molar-refractivity contribution in [3.8, 4) is 0 Å². The Labute approximate surface area is 153 Å². The molecule has 2 aromatic rings. The van der Waals surface area contributed by atoms with Crippen molar-refractivity contribution in [1.82, 2.24) is 4.57 Å². The number of carbonyl (C=O) groups excluding carboxylic acids is 1. The molecule has 25 heavy (non-hydrogen) atoms. The van der Waals surface area contributed by atoms with Gasteiger partial charge in [0, 0.05) is 11.6 Å². The first kappa shape index (κ1) is 19.7. The number of benzene rings is 1. The summed E-state index contributed by atoms with van der Waals surface area (Å²) in [6, 6.07) is 8.00. The van der Waals surface area contributed by atoms with Crippen LogP contribution in [0, 0.1) is 0 Å². The number of rotatable bonds is 3. The summed E-state index contributed by atoms with van der Waals surface area (Å²) in [4.78, 5) is 12.3. The molecule has 0 amide bonds. The van der Waals surface area contributed by atoms with Gasteiger partial charge in [-0.25, -0.2) is 4.79 Å². The number of carbonyl (C=O) groups is 1. The molecule has 1 heterocycles. The second-order valence-electron chi connectivity index (χ2n) is 8.90. The van der Waals surface area contributed by atoms with Crippen molar-refractivity contribution in [3.63, 3.8) is 0 Å². The van der Waals surface area contributed by atoms with Crippen LogP contribution in [-0.4, -0.2) is 26.0 Å². The fourth-order valence-electron chi connectivity index (χ4n) is 2.33. The van der Waals surface area contributed by atoms with Gasteiger partial charge in [-0.1, -0.05) is 26.8 Å². The van der Waals surface area contributed by atoms with Gasteiger partial charge in [-0.2, -0.15) is 0 Å². The van der Waals surface area contributed by atoms with Gasteiger partial charge in [0.05, 0.1) is 11.1 Å². The monoisotopic (exact) mass is 359 g/mol. The summed E-state index contributed by atoms with van der Waals surface area (Å²) in [6.45, 7) is 16.3. The molecule has 0 aliphatic carbocycles. The van der Waals surface area contributed by atoms with Crippen LogP contribution >= 0.6 is 0 Å². The first-order chi connectivity index (χ1) is 11.3. The molecule has 1 aromatic carbocycles. The average Bonchev–Trinajstić information content (AvgIpc) is 2.86. The highest BCUT2D eigenvalue weighted by Crippen LogP contribution is 2.31. The Morgan fingerprint density at radius 3 is 2.20 bits per heavy atom. The first-order valence-corrected chi connectivity index (χ1v) is 9.49. The van der Waals surface area contributed by atoms with Crippen molar-refractivity contribution in [2.45, 2.75) is 71.6 Å². The maximum atomic E-state index is 12.3. The zero-order valence-electron chi connectivity index (χ0n) is 16.6. The number of hydrogen-bond acceptors (Lipinski definition) is 3. The highest BCUT2D eigenvalue weighted by Gasteiger charge is 2.26. The molecule has 0 saturated heterocycles. The second kappa shape index (κ2) is 6.61. The maximum absolute atomic E-state index is 12.3. The molecular formula is C20H29NO3Si. The van der Waals surface area contributed by atoms with Crippen LogP contribution in [0.2, 0.25) is 5.04 Å². The van der Waals surface area contributed by atoms with E-state index in [9.17, 15) is 4.79 Å². The molecule has 2 radical (unpaired) electrons. The first-order valence-electron chi connectivity index (χ1n) is 8.59. The van der Waals surface area contributed by atoms with E-state index in [-0.39, 0.29) is 16.7 Å². The molecule has 5 heteroatoms. The quantitative estimate of drug-likeness (QED) is 0.678. The SMILES string of the molecule is CC(C)(C)OC(=O)n1ccc2cc(C(C)(C)O[Si]C(C)(C)C)ccc21. The molecule has 0 atom stereocenters. The van der Waals surface area contributed by atoms with Gasteiger partial charge in [0.2, 0.25) is 9.76 Å². The van der Waals surface area contributed by atoms with E-state index < -0.39 is 5.60 Å². The summed E-state index contributed by atoms with van der Waals surface area (Å²) in [7, 11) is 0.411. The summed E-state index contributed by atoms with van der Waals surface area (Å²) in [5.74, 6) is 0. The van der Waals surface area contributed by atoms with E-state index in [2.05, 4.69) is 40.7 Å².